The fourth-order valence-corrected chi connectivity index (χ4v) is 4.78. The first kappa shape index (κ1) is 19.2. The molecule has 1 aromatic heterocycles. The van der Waals surface area contributed by atoms with Gasteiger partial charge in [-0.3, -0.25) is 0 Å². The fraction of sp³-hybridized carbons (Fsp3) is 0.444. The summed E-state index contributed by atoms with van der Waals surface area (Å²) in [6.45, 7) is 9.11. The van der Waals surface area contributed by atoms with Gasteiger partial charge in [0.15, 0.2) is 6.20 Å². The lowest BCUT2D eigenvalue weighted by Crippen LogP contribution is -2.31. The van der Waals surface area contributed by atoms with E-state index in [0.29, 0.717) is 0 Å². The van der Waals surface area contributed by atoms with Crippen LogP contribution in [0.25, 0.3) is 22.0 Å². The van der Waals surface area contributed by atoms with Crippen molar-refractivity contribution in [2.75, 3.05) is 0 Å². The minimum absolute atomic E-state index is 0.153. The first-order chi connectivity index (χ1) is 13.3. The summed E-state index contributed by atoms with van der Waals surface area (Å²) in [6, 6.07) is 16.4. The Kier molecular flexibility index (Phi) is 5.04. The van der Waals surface area contributed by atoms with Gasteiger partial charge < -0.3 is 0 Å². The predicted molar refractivity (Wildman–Crippen MR) is 120 cm³/mol. The third kappa shape index (κ3) is 3.72. The molecule has 4 rings (SSSR count). The topological polar surface area (TPSA) is 3.88 Å². The summed E-state index contributed by atoms with van der Waals surface area (Å²) >= 11 is 0. The average Bonchev–Trinajstić information content (AvgIpc) is 3.15. The van der Waals surface area contributed by atoms with Crippen molar-refractivity contribution < 1.29 is 4.57 Å². The molecule has 1 fully saturated rings. The Morgan fingerprint density at radius 1 is 0.964 bits per heavy atom. The molecule has 0 amide bonds. The number of benzene rings is 2. The number of pyridine rings is 1. The molecular weight excluding hydrogens is 338 g/mol. The van der Waals surface area contributed by atoms with Gasteiger partial charge in [0, 0.05) is 11.6 Å². The molecule has 2 aromatic carbocycles. The van der Waals surface area contributed by atoms with E-state index in [-0.39, 0.29) is 5.41 Å². The highest BCUT2D eigenvalue weighted by molar-refractivity contribution is 5.94. The normalized spacial score (nSPS) is 15.5. The van der Waals surface area contributed by atoms with Crippen molar-refractivity contribution in [3.8, 4) is 11.3 Å². The van der Waals surface area contributed by atoms with Gasteiger partial charge in [-0.05, 0) is 58.9 Å². The van der Waals surface area contributed by atoms with E-state index in [0.717, 1.165) is 5.92 Å². The highest BCUT2D eigenvalue weighted by Gasteiger charge is 2.22. The lowest BCUT2D eigenvalue weighted by atomic mass is 9.84. The summed E-state index contributed by atoms with van der Waals surface area (Å²) in [6.07, 6.45) is 9.12. The molecule has 0 radical (unpaired) electrons. The second kappa shape index (κ2) is 7.35. The number of hydrogen-bond acceptors (Lipinski definition) is 0. The highest BCUT2D eigenvalue weighted by Crippen LogP contribution is 2.34. The number of hydrogen-bond donors (Lipinski definition) is 0. The molecule has 1 aliphatic rings. The summed E-state index contributed by atoms with van der Waals surface area (Å²) < 4.78 is 2.29. The number of aryl methyl sites for hydroxylation is 2. The van der Waals surface area contributed by atoms with E-state index in [4.69, 9.17) is 0 Å². The standard InChI is InChI=1S/C27H34N/c1-19-10-12-23(27(2,3)4)18-25(19)26-24-13-11-21(16-20-8-6-7-9-20)17-22(24)14-15-28(26)5/h10-15,17-18,20H,6-9,16H2,1-5H3/q+1. The quantitative estimate of drug-likeness (QED) is 0.452. The maximum absolute atomic E-state index is 2.43. The summed E-state index contributed by atoms with van der Waals surface area (Å²) in [5, 5.41) is 2.72. The number of fused-ring (bicyclic) bond motifs is 1. The van der Waals surface area contributed by atoms with Crippen LogP contribution in [0.15, 0.2) is 48.7 Å². The minimum atomic E-state index is 0.153. The van der Waals surface area contributed by atoms with Crippen molar-refractivity contribution in [3.63, 3.8) is 0 Å². The van der Waals surface area contributed by atoms with E-state index in [9.17, 15) is 0 Å². The smallest absolute Gasteiger partial charge is 0.200 e. The van der Waals surface area contributed by atoms with Gasteiger partial charge in [-0.15, -0.1) is 0 Å². The monoisotopic (exact) mass is 372 g/mol. The van der Waals surface area contributed by atoms with E-state index in [1.807, 2.05) is 0 Å². The molecular formula is C27H34N+. The van der Waals surface area contributed by atoms with Crippen LogP contribution < -0.4 is 4.57 Å². The second-order valence-electron chi connectivity index (χ2n) is 9.83. The van der Waals surface area contributed by atoms with Gasteiger partial charge in [-0.25, -0.2) is 4.57 Å². The molecule has 0 aliphatic heterocycles. The van der Waals surface area contributed by atoms with Crippen molar-refractivity contribution in [2.45, 2.75) is 65.2 Å². The van der Waals surface area contributed by atoms with Crippen LogP contribution in [0, 0.1) is 12.8 Å². The third-order valence-electron chi connectivity index (χ3n) is 6.56. The predicted octanol–water partition coefficient (Wildman–Crippen LogP) is 6.67. The van der Waals surface area contributed by atoms with Gasteiger partial charge in [-0.2, -0.15) is 0 Å². The lowest BCUT2D eigenvalue weighted by Gasteiger charge is -2.20. The zero-order valence-electron chi connectivity index (χ0n) is 18.2. The third-order valence-corrected chi connectivity index (χ3v) is 6.56. The number of aromatic nitrogens is 1. The van der Waals surface area contributed by atoms with Gasteiger partial charge in [0.05, 0.1) is 5.39 Å². The Morgan fingerprint density at radius 3 is 2.43 bits per heavy atom. The Bertz CT molecular complexity index is 1000. The van der Waals surface area contributed by atoms with Crippen molar-refractivity contribution in [3.05, 3.63) is 65.4 Å². The molecule has 0 N–H and O–H groups in total. The van der Waals surface area contributed by atoms with Gasteiger partial charge in [0.25, 0.3) is 0 Å². The molecule has 0 unspecified atom stereocenters. The van der Waals surface area contributed by atoms with Crippen molar-refractivity contribution in [1.29, 1.82) is 0 Å². The Balaban J connectivity index is 1.82. The summed E-state index contributed by atoms with van der Waals surface area (Å²) in [7, 11) is 2.17. The average molecular weight is 373 g/mol. The van der Waals surface area contributed by atoms with Crippen LogP contribution in [0.4, 0.5) is 0 Å². The zero-order valence-corrected chi connectivity index (χ0v) is 18.2. The molecule has 1 heterocycles. The summed E-state index contributed by atoms with van der Waals surface area (Å²) in [5.41, 5.74) is 7.06. The molecule has 1 aliphatic carbocycles. The molecule has 1 heteroatoms. The summed E-state index contributed by atoms with van der Waals surface area (Å²) in [5.74, 6) is 0.891. The maximum atomic E-state index is 2.43. The van der Waals surface area contributed by atoms with Gasteiger partial charge in [0.2, 0.25) is 5.69 Å². The van der Waals surface area contributed by atoms with Gasteiger partial charge in [0.1, 0.15) is 7.05 Å². The van der Waals surface area contributed by atoms with Gasteiger partial charge >= 0.3 is 0 Å². The lowest BCUT2D eigenvalue weighted by molar-refractivity contribution is -0.659. The largest absolute Gasteiger partial charge is 0.220 e. The van der Waals surface area contributed by atoms with Crippen LogP contribution in [0.3, 0.4) is 0 Å². The van der Waals surface area contributed by atoms with Crippen LogP contribution in [0.1, 0.15) is 63.1 Å². The molecule has 0 spiro atoms. The van der Waals surface area contributed by atoms with Crippen LogP contribution >= 0.6 is 0 Å². The molecule has 146 valence electrons. The maximum Gasteiger partial charge on any atom is 0.220 e. The minimum Gasteiger partial charge on any atom is -0.200 e. The molecule has 28 heavy (non-hydrogen) atoms. The van der Waals surface area contributed by atoms with E-state index < -0.39 is 0 Å². The molecule has 0 bridgehead atoms. The number of nitrogens with zero attached hydrogens (tertiary/aromatic N) is 1. The van der Waals surface area contributed by atoms with Crippen LogP contribution in [-0.2, 0) is 18.9 Å². The number of rotatable bonds is 3. The van der Waals surface area contributed by atoms with E-state index in [1.54, 1.807) is 0 Å². The second-order valence-corrected chi connectivity index (χ2v) is 9.83. The molecule has 0 saturated heterocycles. The molecule has 0 atom stereocenters. The zero-order chi connectivity index (χ0) is 19.9. The fourth-order valence-electron chi connectivity index (χ4n) is 4.78. The van der Waals surface area contributed by atoms with Crippen molar-refractivity contribution in [2.24, 2.45) is 13.0 Å². The van der Waals surface area contributed by atoms with Crippen molar-refractivity contribution in [1.82, 2.24) is 0 Å². The SMILES string of the molecule is Cc1ccc(C(C)(C)C)cc1-c1c2ccc(CC3CCCC3)cc2cc[n+]1C. The molecule has 1 nitrogen and oxygen atoms in total. The van der Waals surface area contributed by atoms with Gasteiger partial charge in [-0.1, -0.05) is 70.7 Å². The van der Waals surface area contributed by atoms with E-state index in [1.165, 1.54) is 70.8 Å². The van der Waals surface area contributed by atoms with Crippen LogP contribution in [-0.4, -0.2) is 0 Å². The first-order valence-electron chi connectivity index (χ1n) is 10.9. The molecule has 1 saturated carbocycles. The van der Waals surface area contributed by atoms with Crippen molar-refractivity contribution >= 4 is 10.8 Å². The van der Waals surface area contributed by atoms with E-state index >= 15 is 0 Å². The highest BCUT2D eigenvalue weighted by atomic mass is 14.9. The molecule has 3 aromatic rings. The first-order valence-corrected chi connectivity index (χ1v) is 10.9. The Labute approximate surface area is 170 Å². The van der Waals surface area contributed by atoms with Crippen LogP contribution in [0.2, 0.25) is 0 Å². The Hall–Kier alpha value is -2.15. The summed E-state index contributed by atoms with van der Waals surface area (Å²) in [4.78, 5) is 0. The Morgan fingerprint density at radius 2 is 1.71 bits per heavy atom. The van der Waals surface area contributed by atoms with E-state index in [2.05, 4.69) is 88.0 Å². The van der Waals surface area contributed by atoms with Crippen LogP contribution in [0.5, 0.6) is 0 Å².